The number of hydrogen-bond donors (Lipinski definition) is 0. The van der Waals surface area contributed by atoms with Crippen LogP contribution in [0, 0.1) is 0 Å². The van der Waals surface area contributed by atoms with Crippen molar-refractivity contribution in [2.75, 3.05) is 4.90 Å². The zero-order valence-electron chi connectivity index (χ0n) is 16.4. The predicted octanol–water partition coefficient (Wildman–Crippen LogP) is 7.74. The quantitative estimate of drug-likeness (QED) is 0.405. The summed E-state index contributed by atoms with van der Waals surface area (Å²) in [6.45, 7) is 6.96. The highest BCUT2D eigenvalue weighted by atomic mass is 15.2. The van der Waals surface area contributed by atoms with E-state index in [2.05, 4.69) is 86.3 Å². The number of nitrogens with zero attached hydrogens (tertiary/aromatic N) is 1. The smallest absolute Gasteiger partial charge is 0.0451 e. The Morgan fingerprint density at radius 2 is 1.04 bits per heavy atom. The van der Waals surface area contributed by atoms with Gasteiger partial charge in [0, 0.05) is 16.9 Å². The van der Waals surface area contributed by atoms with E-state index in [0.717, 1.165) is 0 Å². The van der Waals surface area contributed by atoms with Crippen LogP contribution in [0.1, 0.15) is 72.1 Å². The zero-order chi connectivity index (χ0) is 18.0. The first-order chi connectivity index (χ1) is 12.3. The minimum absolute atomic E-state index is 0.212. The fourth-order valence-corrected chi connectivity index (χ4v) is 4.04. The molecule has 0 fully saturated rings. The van der Waals surface area contributed by atoms with Gasteiger partial charge in [0.1, 0.15) is 0 Å². The lowest BCUT2D eigenvalue weighted by atomic mass is 9.80. The second-order valence-electron chi connectivity index (χ2n) is 7.19. The van der Waals surface area contributed by atoms with Crippen molar-refractivity contribution in [3.63, 3.8) is 0 Å². The third-order valence-corrected chi connectivity index (χ3v) is 5.21. The summed E-state index contributed by atoms with van der Waals surface area (Å²) in [7, 11) is 0. The minimum Gasteiger partial charge on any atom is -0.335 e. The Labute approximate surface area is 155 Å². The van der Waals surface area contributed by atoms with E-state index in [4.69, 9.17) is 0 Å². The van der Waals surface area contributed by atoms with Crippen LogP contribution >= 0.6 is 0 Å². The number of para-hydroxylation sites is 2. The van der Waals surface area contributed by atoms with E-state index in [1.807, 2.05) is 0 Å². The summed E-state index contributed by atoms with van der Waals surface area (Å²) in [5, 5.41) is 0. The predicted molar refractivity (Wildman–Crippen MR) is 112 cm³/mol. The van der Waals surface area contributed by atoms with Crippen molar-refractivity contribution in [3.05, 3.63) is 60.7 Å². The summed E-state index contributed by atoms with van der Waals surface area (Å²) in [6.07, 6.45) is 10.1. The molecule has 0 aromatic heterocycles. The summed E-state index contributed by atoms with van der Waals surface area (Å²) in [5.74, 6) is 0. The van der Waals surface area contributed by atoms with Crippen LogP contribution in [0.25, 0.3) is 0 Å². The minimum atomic E-state index is 0.212. The summed E-state index contributed by atoms with van der Waals surface area (Å²) >= 11 is 0. The molecule has 0 saturated heterocycles. The molecule has 0 amide bonds. The largest absolute Gasteiger partial charge is 0.335 e. The first-order valence-corrected chi connectivity index (χ1v) is 10.2. The summed E-state index contributed by atoms with van der Waals surface area (Å²) in [6, 6.07) is 22.0. The monoisotopic (exact) mass is 337 g/mol. The van der Waals surface area contributed by atoms with Crippen LogP contribution in [-0.2, 0) is 0 Å². The molecule has 0 heterocycles. The highest BCUT2D eigenvalue weighted by Gasteiger charge is 2.36. The molecule has 2 aromatic rings. The maximum absolute atomic E-state index is 2.65. The molecule has 136 valence electrons. The molecule has 2 aromatic carbocycles. The maximum atomic E-state index is 2.65. The van der Waals surface area contributed by atoms with Gasteiger partial charge in [0.25, 0.3) is 0 Å². The van der Waals surface area contributed by atoms with Crippen LogP contribution in [0.2, 0.25) is 0 Å². The zero-order valence-corrected chi connectivity index (χ0v) is 16.4. The molecule has 0 spiro atoms. The average Bonchev–Trinajstić information content (AvgIpc) is 2.67. The van der Waals surface area contributed by atoms with Gasteiger partial charge in [-0.1, -0.05) is 89.3 Å². The molecule has 1 nitrogen and oxygen atoms in total. The van der Waals surface area contributed by atoms with Crippen LogP contribution < -0.4 is 4.90 Å². The van der Waals surface area contributed by atoms with E-state index in [0.29, 0.717) is 0 Å². The standard InChI is InChI=1S/C24H35N/c1-4-7-20-24(19-6-3,21-8-5-2)25(22-15-11-9-12-16-22)23-17-13-10-14-18-23/h9-18H,4-8,19-21H2,1-3H3. The molecule has 0 atom stereocenters. The molecule has 0 aliphatic heterocycles. The second kappa shape index (κ2) is 10.3. The summed E-state index contributed by atoms with van der Waals surface area (Å²) in [4.78, 5) is 2.65. The van der Waals surface area contributed by atoms with E-state index in [9.17, 15) is 0 Å². The average molecular weight is 338 g/mol. The molecule has 25 heavy (non-hydrogen) atoms. The Hall–Kier alpha value is -1.76. The van der Waals surface area contributed by atoms with Gasteiger partial charge in [-0.3, -0.25) is 0 Å². The molecule has 0 bridgehead atoms. The van der Waals surface area contributed by atoms with Gasteiger partial charge in [0.15, 0.2) is 0 Å². The molecule has 2 rings (SSSR count). The lowest BCUT2D eigenvalue weighted by Crippen LogP contribution is -2.46. The molecular weight excluding hydrogens is 302 g/mol. The number of unbranched alkanes of at least 4 members (excludes halogenated alkanes) is 2. The van der Waals surface area contributed by atoms with Gasteiger partial charge < -0.3 is 4.90 Å². The van der Waals surface area contributed by atoms with E-state index in [-0.39, 0.29) is 5.54 Å². The Balaban J connectivity index is 2.54. The first-order valence-electron chi connectivity index (χ1n) is 10.2. The fraction of sp³-hybridized carbons (Fsp3) is 0.500. The molecule has 0 aliphatic rings. The van der Waals surface area contributed by atoms with Gasteiger partial charge in [-0.2, -0.15) is 0 Å². The lowest BCUT2D eigenvalue weighted by Gasteiger charge is -2.46. The van der Waals surface area contributed by atoms with Crippen molar-refractivity contribution in [3.8, 4) is 0 Å². The molecule has 0 unspecified atom stereocenters. The van der Waals surface area contributed by atoms with E-state index in [1.165, 1.54) is 62.7 Å². The van der Waals surface area contributed by atoms with Gasteiger partial charge in [-0.05, 0) is 43.5 Å². The second-order valence-corrected chi connectivity index (χ2v) is 7.19. The number of hydrogen-bond acceptors (Lipinski definition) is 1. The SMILES string of the molecule is CCCCC(CCC)(CCCC)N(c1ccccc1)c1ccccc1. The van der Waals surface area contributed by atoms with Gasteiger partial charge >= 0.3 is 0 Å². The topological polar surface area (TPSA) is 3.24 Å². The van der Waals surface area contributed by atoms with Crippen LogP contribution in [0.4, 0.5) is 11.4 Å². The van der Waals surface area contributed by atoms with Gasteiger partial charge in [-0.15, -0.1) is 0 Å². The van der Waals surface area contributed by atoms with Gasteiger partial charge in [0.05, 0.1) is 0 Å². The third kappa shape index (κ3) is 5.11. The summed E-state index contributed by atoms with van der Waals surface area (Å²) in [5.41, 5.74) is 2.87. The molecule has 0 aliphatic carbocycles. The van der Waals surface area contributed by atoms with Crippen molar-refractivity contribution >= 4 is 11.4 Å². The van der Waals surface area contributed by atoms with Crippen LogP contribution in [-0.4, -0.2) is 5.54 Å². The fourth-order valence-electron chi connectivity index (χ4n) is 4.04. The number of rotatable bonds is 11. The van der Waals surface area contributed by atoms with Crippen LogP contribution in [0.5, 0.6) is 0 Å². The summed E-state index contributed by atoms with van der Waals surface area (Å²) < 4.78 is 0. The van der Waals surface area contributed by atoms with Crippen LogP contribution in [0.3, 0.4) is 0 Å². The Bertz CT molecular complexity index is 528. The van der Waals surface area contributed by atoms with E-state index < -0.39 is 0 Å². The van der Waals surface area contributed by atoms with Crippen molar-refractivity contribution in [2.45, 2.75) is 77.7 Å². The Kier molecular flexibility index (Phi) is 8.04. The maximum Gasteiger partial charge on any atom is 0.0451 e. The third-order valence-electron chi connectivity index (χ3n) is 5.21. The van der Waals surface area contributed by atoms with Crippen molar-refractivity contribution < 1.29 is 0 Å². The normalized spacial score (nSPS) is 11.5. The highest BCUT2D eigenvalue weighted by Crippen LogP contribution is 2.42. The first kappa shape index (κ1) is 19.6. The van der Waals surface area contributed by atoms with Crippen LogP contribution in [0.15, 0.2) is 60.7 Å². The van der Waals surface area contributed by atoms with Crippen molar-refractivity contribution in [2.24, 2.45) is 0 Å². The number of anilines is 2. The Morgan fingerprint density at radius 3 is 1.40 bits per heavy atom. The van der Waals surface area contributed by atoms with E-state index in [1.54, 1.807) is 0 Å². The molecule has 0 radical (unpaired) electrons. The lowest BCUT2D eigenvalue weighted by molar-refractivity contribution is 0.313. The molecule has 0 saturated carbocycles. The van der Waals surface area contributed by atoms with Gasteiger partial charge in [0.2, 0.25) is 0 Å². The Morgan fingerprint density at radius 1 is 0.600 bits per heavy atom. The van der Waals surface area contributed by atoms with Crippen molar-refractivity contribution in [1.29, 1.82) is 0 Å². The molecule has 1 heteroatoms. The molecular formula is C24H35N. The van der Waals surface area contributed by atoms with E-state index >= 15 is 0 Å². The van der Waals surface area contributed by atoms with Crippen molar-refractivity contribution in [1.82, 2.24) is 0 Å². The van der Waals surface area contributed by atoms with Gasteiger partial charge in [-0.25, -0.2) is 0 Å². The number of benzene rings is 2. The molecule has 0 N–H and O–H groups in total. The highest BCUT2D eigenvalue weighted by molar-refractivity contribution is 5.65.